The first-order valence-electron chi connectivity index (χ1n) is 9.85. The highest BCUT2D eigenvalue weighted by Crippen LogP contribution is 2.34. The summed E-state index contributed by atoms with van der Waals surface area (Å²) in [5.41, 5.74) is -0.823. The molecule has 1 atom stereocenters. The van der Waals surface area contributed by atoms with Gasteiger partial charge in [0.15, 0.2) is 5.82 Å². The van der Waals surface area contributed by atoms with Crippen LogP contribution in [-0.4, -0.2) is 66.0 Å². The van der Waals surface area contributed by atoms with Crippen LogP contribution in [0.2, 0.25) is 5.02 Å². The molecule has 0 saturated carbocycles. The van der Waals surface area contributed by atoms with Gasteiger partial charge in [-0.2, -0.15) is 0 Å². The number of hydrogen-bond donors (Lipinski definition) is 2. The van der Waals surface area contributed by atoms with E-state index in [4.69, 9.17) is 16.3 Å². The van der Waals surface area contributed by atoms with Gasteiger partial charge >= 0.3 is 6.09 Å². The Bertz CT molecular complexity index is 1380. The number of anilines is 1. The standard InChI is InChI=1S/C20H18ClF3N4O5S/c1-34(31,32)26-10-4-13(22)18(14(23)5-10)19-16(6-11-8-27(20(29)30)2-3-33-11)28-9-15(24)12(21)7-17(28)25-19/h4-5,7,9,11,26H,2-3,6,8H2,1H3,(H,29,30)/t11-/m0/s1. The van der Waals surface area contributed by atoms with Crippen LogP contribution < -0.4 is 4.72 Å². The molecule has 34 heavy (non-hydrogen) atoms. The van der Waals surface area contributed by atoms with Crippen LogP contribution in [0.1, 0.15) is 5.69 Å². The number of carbonyl (C=O) groups is 1. The van der Waals surface area contributed by atoms with Gasteiger partial charge in [-0.1, -0.05) is 11.6 Å². The highest BCUT2D eigenvalue weighted by atomic mass is 35.5. The number of hydrogen-bond acceptors (Lipinski definition) is 5. The summed E-state index contributed by atoms with van der Waals surface area (Å²) < 4.78 is 76.1. The van der Waals surface area contributed by atoms with Gasteiger partial charge in [-0.05, 0) is 12.1 Å². The molecule has 182 valence electrons. The predicted octanol–water partition coefficient (Wildman–Crippen LogP) is 3.36. The molecule has 2 aromatic heterocycles. The smallest absolute Gasteiger partial charge is 0.407 e. The Balaban J connectivity index is 1.84. The van der Waals surface area contributed by atoms with E-state index < -0.39 is 45.2 Å². The zero-order valence-electron chi connectivity index (χ0n) is 17.6. The predicted molar refractivity (Wildman–Crippen MR) is 117 cm³/mol. The fourth-order valence-electron chi connectivity index (χ4n) is 3.79. The molecule has 3 heterocycles. The van der Waals surface area contributed by atoms with Gasteiger partial charge in [0.05, 0.1) is 53.2 Å². The molecule has 0 aliphatic carbocycles. The highest BCUT2D eigenvalue weighted by Gasteiger charge is 2.29. The molecule has 1 aliphatic rings. The number of imidazole rings is 1. The molecular formula is C20H18ClF3N4O5S. The lowest BCUT2D eigenvalue weighted by molar-refractivity contribution is -0.0214. The SMILES string of the molecule is CS(=O)(=O)Nc1cc(F)c(-c2nc3cc(Cl)c(F)cn3c2C[C@H]2CN(C(=O)O)CCO2)c(F)c1. The van der Waals surface area contributed by atoms with E-state index >= 15 is 8.78 Å². The van der Waals surface area contributed by atoms with Gasteiger partial charge in [-0.3, -0.25) is 4.72 Å². The van der Waals surface area contributed by atoms with Crippen LogP contribution in [0, 0.1) is 17.5 Å². The monoisotopic (exact) mass is 518 g/mol. The maximum absolute atomic E-state index is 15.0. The number of halogens is 4. The molecular weight excluding hydrogens is 501 g/mol. The summed E-state index contributed by atoms with van der Waals surface area (Å²) in [5.74, 6) is -3.03. The molecule has 1 saturated heterocycles. The van der Waals surface area contributed by atoms with E-state index in [1.165, 1.54) is 10.5 Å². The molecule has 3 aromatic rings. The number of nitrogens with one attached hydrogen (secondary N) is 1. The molecule has 9 nitrogen and oxygen atoms in total. The maximum atomic E-state index is 15.0. The number of carboxylic acid groups (broad SMARTS) is 1. The lowest BCUT2D eigenvalue weighted by Crippen LogP contribution is -2.45. The number of morpholine rings is 1. The van der Waals surface area contributed by atoms with Crippen molar-refractivity contribution >= 4 is 39.1 Å². The van der Waals surface area contributed by atoms with Crippen LogP contribution in [0.4, 0.5) is 23.7 Å². The molecule has 1 fully saturated rings. The minimum Gasteiger partial charge on any atom is -0.465 e. The Morgan fingerprint density at radius 2 is 1.94 bits per heavy atom. The quantitative estimate of drug-likeness (QED) is 0.535. The number of benzene rings is 1. The van der Waals surface area contributed by atoms with Crippen molar-refractivity contribution in [1.82, 2.24) is 14.3 Å². The molecule has 1 aromatic carbocycles. The Labute approximate surface area is 196 Å². The third-order valence-electron chi connectivity index (χ3n) is 5.18. The van der Waals surface area contributed by atoms with Gasteiger partial charge in [0.2, 0.25) is 10.0 Å². The number of aromatic nitrogens is 2. The summed E-state index contributed by atoms with van der Waals surface area (Å²) in [6.45, 7) is 0.256. The van der Waals surface area contributed by atoms with E-state index in [0.29, 0.717) is 0 Å². The van der Waals surface area contributed by atoms with Gasteiger partial charge in [0, 0.05) is 25.2 Å². The zero-order chi connectivity index (χ0) is 24.8. The van der Waals surface area contributed by atoms with Crippen molar-refractivity contribution in [3.8, 4) is 11.3 Å². The summed E-state index contributed by atoms with van der Waals surface area (Å²) in [6, 6.07) is 2.78. The Kier molecular flexibility index (Phi) is 6.36. The van der Waals surface area contributed by atoms with E-state index in [9.17, 15) is 22.7 Å². The number of amides is 1. The van der Waals surface area contributed by atoms with Gasteiger partial charge in [-0.25, -0.2) is 31.4 Å². The number of pyridine rings is 1. The van der Waals surface area contributed by atoms with E-state index in [-0.39, 0.29) is 53.9 Å². The minimum absolute atomic E-state index is 0.0136. The third kappa shape index (κ3) is 4.91. The fourth-order valence-corrected chi connectivity index (χ4v) is 4.48. The third-order valence-corrected chi connectivity index (χ3v) is 6.07. The molecule has 2 N–H and O–H groups in total. The number of nitrogens with zero attached hydrogens (tertiary/aromatic N) is 3. The van der Waals surface area contributed by atoms with Crippen LogP contribution in [0.15, 0.2) is 24.4 Å². The van der Waals surface area contributed by atoms with Crippen LogP contribution in [0.25, 0.3) is 16.9 Å². The summed E-state index contributed by atoms with van der Waals surface area (Å²) >= 11 is 5.85. The fraction of sp³-hybridized carbons (Fsp3) is 0.300. The van der Waals surface area contributed by atoms with E-state index in [1.807, 2.05) is 4.72 Å². The first-order chi connectivity index (χ1) is 15.9. The first kappa shape index (κ1) is 24.1. The summed E-state index contributed by atoms with van der Waals surface area (Å²) in [4.78, 5) is 16.7. The lowest BCUT2D eigenvalue weighted by atomic mass is 10.0. The molecule has 0 bridgehead atoms. The average molecular weight is 519 g/mol. The zero-order valence-corrected chi connectivity index (χ0v) is 19.1. The van der Waals surface area contributed by atoms with Crippen LogP contribution in [-0.2, 0) is 21.2 Å². The maximum Gasteiger partial charge on any atom is 0.407 e. The lowest BCUT2D eigenvalue weighted by Gasteiger charge is -2.31. The van der Waals surface area contributed by atoms with Crippen LogP contribution >= 0.6 is 11.6 Å². The number of fused-ring (bicyclic) bond motifs is 1. The van der Waals surface area contributed by atoms with E-state index in [0.717, 1.165) is 29.5 Å². The van der Waals surface area contributed by atoms with Crippen molar-refractivity contribution in [2.75, 3.05) is 30.7 Å². The first-order valence-corrected chi connectivity index (χ1v) is 12.1. The van der Waals surface area contributed by atoms with Crippen LogP contribution in [0.3, 0.4) is 0 Å². The van der Waals surface area contributed by atoms with Crippen molar-refractivity contribution in [1.29, 1.82) is 0 Å². The van der Waals surface area contributed by atoms with Crippen molar-refractivity contribution in [3.05, 3.63) is 52.6 Å². The molecule has 0 radical (unpaired) electrons. The van der Waals surface area contributed by atoms with Crippen molar-refractivity contribution < 1.29 is 36.2 Å². The van der Waals surface area contributed by atoms with Gasteiger partial charge < -0.3 is 19.1 Å². The normalized spacial score (nSPS) is 16.7. The van der Waals surface area contributed by atoms with E-state index in [1.54, 1.807) is 0 Å². The highest BCUT2D eigenvalue weighted by molar-refractivity contribution is 7.92. The molecule has 0 unspecified atom stereocenters. The van der Waals surface area contributed by atoms with Crippen molar-refractivity contribution in [2.24, 2.45) is 0 Å². The van der Waals surface area contributed by atoms with Crippen molar-refractivity contribution in [2.45, 2.75) is 12.5 Å². The number of rotatable bonds is 5. The summed E-state index contributed by atoms with van der Waals surface area (Å²) in [7, 11) is -3.79. The molecule has 1 aliphatic heterocycles. The second-order valence-electron chi connectivity index (χ2n) is 7.72. The average Bonchev–Trinajstić information content (AvgIpc) is 3.03. The molecule has 14 heteroatoms. The largest absolute Gasteiger partial charge is 0.465 e. The Morgan fingerprint density at radius 3 is 2.56 bits per heavy atom. The Hall–Kier alpha value is -3.03. The summed E-state index contributed by atoms with van der Waals surface area (Å²) in [5, 5.41) is 9.02. The van der Waals surface area contributed by atoms with Gasteiger partial charge in [0.1, 0.15) is 17.3 Å². The minimum atomic E-state index is -3.79. The number of ether oxygens (including phenoxy) is 1. The van der Waals surface area contributed by atoms with Gasteiger partial charge in [0.25, 0.3) is 0 Å². The van der Waals surface area contributed by atoms with Gasteiger partial charge in [-0.15, -0.1) is 0 Å². The molecule has 0 spiro atoms. The second kappa shape index (κ2) is 8.96. The van der Waals surface area contributed by atoms with Crippen LogP contribution in [0.5, 0.6) is 0 Å². The second-order valence-corrected chi connectivity index (χ2v) is 9.87. The van der Waals surface area contributed by atoms with Crippen molar-refractivity contribution in [3.63, 3.8) is 0 Å². The Morgan fingerprint density at radius 1 is 1.26 bits per heavy atom. The molecule has 1 amide bonds. The van der Waals surface area contributed by atoms with E-state index in [2.05, 4.69) is 4.98 Å². The topological polar surface area (TPSA) is 113 Å². The number of sulfonamides is 1. The summed E-state index contributed by atoms with van der Waals surface area (Å²) in [6.07, 6.45) is -0.0462. The molecule has 4 rings (SSSR count).